The van der Waals surface area contributed by atoms with Gasteiger partial charge < -0.3 is 19.6 Å². The van der Waals surface area contributed by atoms with Gasteiger partial charge in [-0.15, -0.1) is 45.3 Å². The third-order valence-corrected chi connectivity index (χ3v) is 11.1. The van der Waals surface area contributed by atoms with Gasteiger partial charge in [-0.25, -0.2) is 0 Å². The van der Waals surface area contributed by atoms with Crippen LogP contribution in [0, 0.1) is 0 Å². The maximum atomic E-state index is 11.4. The van der Waals surface area contributed by atoms with Crippen molar-refractivity contribution in [3.8, 4) is 29.3 Å². The summed E-state index contributed by atoms with van der Waals surface area (Å²) >= 11 is 5.44. The molecule has 0 atom stereocenters. The maximum absolute atomic E-state index is 11.4. The van der Waals surface area contributed by atoms with Crippen molar-refractivity contribution >= 4 is 70.5 Å². The molecule has 0 bridgehead atoms. The molecule has 0 saturated carbocycles. The molecule has 0 aliphatic heterocycles. The molecule has 4 aromatic heterocycles. The van der Waals surface area contributed by atoms with Crippen molar-refractivity contribution in [1.29, 1.82) is 0 Å². The maximum Gasteiger partial charge on any atom is 0.366 e. The van der Waals surface area contributed by atoms with Gasteiger partial charge in [0, 0.05) is 34.6 Å². The van der Waals surface area contributed by atoms with Crippen LogP contribution in [-0.4, -0.2) is 19.6 Å². The Hall–Kier alpha value is -0.900. The molecule has 0 aliphatic rings. The van der Waals surface area contributed by atoms with Gasteiger partial charge in [-0.05, 0) is 42.5 Å². The van der Waals surface area contributed by atoms with Gasteiger partial charge in [0.25, 0.3) is 0 Å². The number of hydrogen-bond acceptors (Lipinski definition) is 6. The Morgan fingerprint density at radius 3 is 1.50 bits per heavy atom. The van der Waals surface area contributed by atoms with E-state index >= 15 is 0 Å². The van der Waals surface area contributed by atoms with Crippen LogP contribution in [0.2, 0.25) is 0 Å². The van der Waals surface area contributed by atoms with E-state index in [1.165, 1.54) is 51.5 Å². The minimum Gasteiger partial charge on any atom is -0.321 e. The molecule has 0 radical (unpaired) electrons. The third kappa shape index (κ3) is 4.17. The van der Waals surface area contributed by atoms with Crippen molar-refractivity contribution in [3.63, 3.8) is 0 Å². The monoisotopic (exact) mass is 490 g/mol. The van der Waals surface area contributed by atoms with E-state index in [0.717, 1.165) is 40.6 Å². The first-order valence-electron chi connectivity index (χ1n) is 7.63. The van der Waals surface area contributed by atoms with Gasteiger partial charge in [-0.3, -0.25) is 9.13 Å². The van der Waals surface area contributed by atoms with Crippen LogP contribution in [0.5, 0.6) is 0 Å². The average molecular weight is 490 g/mol. The summed E-state index contributed by atoms with van der Waals surface area (Å²) in [6.07, 6.45) is 0. The number of hydrogen-bond donors (Lipinski definition) is 4. The lowest BCUT2D eigenvalue weighted by molar-refractivity contribution is 0.385. The minimum atomic E-state index is -4.25. The smallest absolute Gasteiger partial charge is 0.321 e. The Morgan fingerprint density at radius 2 is 1.07 bits per heavy atom. The standard InChI is InChI=1S/C16H12O6P2S4/c17-23(18,19)9-7-15(25-8-9)14-4-3-11(27-14)10-1-2-12(26-10)13-5-6-16(28-13)24(20,21)22/h1-8H,(H2,17,18,19)(H2,20,21,22). The molecule has 0 saturated heterocycles. The molecule has 0 fully saturated rings. The van der Waals surface area contributed by atoms with E-state index in [0.29, 0.717) is 0 Å². The highest BCUT2D eigenvalue weighted by Crippen LogP contribution is 2.45. The molecule has 4 aromatic rings. The van der Waals surface area contributed by atoms with E-state index in [2.05, 4.69) is 0 Å². The van der Waals surface area contributed by atoms with Gasteiger partial charge in [0.05, 0.1) is 5.30 Å². The second-order valence-electron chi connectivity index (χ2n) is 5.72. The molecule has 4 rings (SSSR count). The number of rotatable bonds is 5. The second kappa shape index (κ2) is 7.41. The van der Waals surface area contributed by atoms with Crippen LogP contribution in [0.15, 0.2) is 47.8 Å². The Morgan fingerprint density at radius 1 is 0.607 bits per heavy atom. The summed E-state index contributed by atoms with van der Waals surface area (Å²) in [5.74, 6) is 0. The van der Waals surface area contributed by atoms with Crippen molar-refractivity contribution in [3.05, 3.63) is 47.8 Å². The van der Waals surface area contributed by atoms with Gasteiger partial charge >= 0.3 is 15.2 Å². The average Bonchev–Trinajstić information content (AvgIpc) is 3.38. The summed E-state index contributed by atoms with van der Waals surface area (Å²) in [7, 11) is -8.49. The molecule has 146 valence electrons. The van der Waals surface area contributed by atoms with E-state index in [9.17, 15) is 28.7 Å². The highest BCUT2D eigenvalue weighted by Gasteiger charge is 2.21. The van der Waals surface area contributed by atoms with Crippen molar-refractivity contribution < 1.29 is 28.7 Å². The number of thiophene rings is 4. The Labute approximate surface area is 175 Å². The van der Waals surface area contributed by atoms with Crippen LogP contribution in [0.3, 0.4) is 0 Å². The van der Waals surface area contributed by atoms with Crippen LogP contribution in [-0.2, 0) is 9.13 Å². The van der Waals surface area contributed by atoms with Gasteiger partial charge in [0.1, 0.15) is 4.62 Å². The van der Waals surface area contributed by atoms with E-state index in [1.54, 1.807) is 6.07 Å². The van der Waals surface area contributed by atoms with E-state index in [4.69, 9.17) is 0 Å². The topological polar surface area (TPSA) is 115 Å². The molecule has 0 spiro atoms. The third-order valence-electron chi connectivity index (χ3n) is 3.74. The van der Waals surface area contributed by atoms with Crippen LogP contribution < -0.4 is 9.92 Å². The summed E-state index contributed by atoms with van der Waals surface area (Å²) in [6, 6.07) is 12.5. The quantitative estimate of drug-likeness (QED) is 0.306. The lowest BCUT2D eigenvalue weighted by Crippen LogP contribution is -1.97. The van der Waals surface area contributed by atoms with Crippen molar-refractivity contribution in [2.75, 3.05) is 0 Å². The fourth-order valence-electron chi connectivity index (χ4n) is 2.43. The largest absolute Gasteiger partial charge is 0.366 e. The Balaban J connectivity index is 1.60. The highest BCUT2D eigenvalue weighted by molar-refractivity contribution is 7.67. The van der Waals surface area contributed by atoms with Gasteiger partial charge in [0.15, 0.2) is 0 Å². The molecule has 0 aliphatic carbocycles. The zero-order valence-electron chi connectivity index (χ0n) is 13.8. The van der Waals surface area contributed by atoms with E-state index in [-0.39, 0.29) is 9.92 Å². The van der Waals surface area contributed by atoms with Crippen LogP contribution in [0.4, 0.5) is 0 Å². The summed E-state index contributed by atoms with van der Waals surface area (Å²) in [5, 5.41) is 1.51. The first-order valence-corrected chi connectivity index (χ1v) is 14.2. The predicted molar refractivity (Wildman–Crippen MR) is 118 cm³/mol. The molecule has 6 nitrogen and oxygen atoms in total. The lowest BCUT2D eigenvalue weighted by atomic mass is 10.3. The predicted octanol–water partition coefficient (Wildman–Crippen LogP) is 4.54. The Kier molecular flexibility index (Phi) is 5.39. The molecular weight excluding hydrogens is 478 g/mol. The fourth-order valence-corrected chi connectivity index (χ4v) is 8.38. The van der Waals surface area contributed by atoms with Crippen molar-refractivity contribution in [2.45, 2.75) is 0 Å². The molecule has 4 N–H and O–H groups in total. The second-order valence-corrected chi connectivity index (χ2v) is 13.4. The summed E-state index contributed by atoms with van der Waals surface area (Å²) < 4.78 is 22.8. The molecule has 0 amide bonds. The first kappa shape index (κ1) is 20.4. The van der Waals surface area contributed by atoms with Crippen molar-refractivity contribution in [1.82, 2.24) is 0 Å². The lowest BCUT2D eigenvalue weighted by Gasteiger charge is -1.97. The molecule has 4 heterocycles. The normalized spacial score (nSPS) is 12.6. The molecule has 0 unspecified atom stereocenters. The van der Waals surface area contributed by atoms with Crippen LogP contribution >= 0.6 is 60.5 Å². The molecule has 12 heteroatoms. The first-order chi connectivity index (χ1) is 13.1. The summed E-state index contributed by atoms with van der Waals surface area (Å²) in [5.41, 5.74) is 0. The van der Waals surface area contributed by atoms with Crippen molar-refractivity contribution in [2.24, 2.45) is 0 Å². The molecule has 0 aromatic carbocycles. The van der Waals surface area contributed by atoms with Crippen LogP contribution in [0.25, 0.3) is 29.3 Å². The van der Waals surface area contributed by atoms with Gasteiger partial charge in [-0.2, -0.15) is 0 Å². The minimum absolute atomic E-state index is 0.0272. The summed E-state index contributed by atoms with van der Waals surface area (Å²) in [6.45, 7) is 0. The molecular formula is C16H12O6P2S4. The van der Waals surface area contributed by atoms with E-state index < -0.39 is 15.2 Å². The van der Waals surface area contributed by atoms with E-state index in [1.807, 2.05) is 24.3 Å². The highest BCUT2D eigenvalue weighted by atomic mass is 32.1. The Bertz CT molecular complexity index is 1140. The zero-order valence-corrected chi connectivity index (χ0v) is 18.8. The fraction of sp³-hybridized carbons (Fsp3) is 0. The summed E-state index contributed by atoms with van der Waals surface area (Å²) in [4.78, 5) is 42.6. The SMILES string of the molecule is O=P(O)(O)c1csc(-c2ccc(-c3ccc(-c4ccc(P(=O)(O)O)s4)s3)s2)c1. The molecule has 28 heavy (non-hydrogen) atoms. The van der Waals surface area contributed by atoms with Crippen LogP contribution in [0.1, 0.15) is 0 Å². The van der Waals surface area contributed by atoms with Gasteiger partial charge in [-0.1, -0.05) is 0 Å². The van der Waals surface area contributed by atoms with Gasteiger partial charge in [0.2, 0.25) is 0 Å². The zero-order chi connectivity index (χ0) is 20.1.